The highest BCUT2D eigenvalue weighted by molar-refractivity contribution is 5.58. The first-order valence-electron chi connectivity index (χ1n) is 9.64. The van der Waals surface area contributed by atoms with E-state index in [1.807, 2.05) is 17.9 Å². The molecule has 1 aromatic carbocycles. The first-order valence-corrected chi connectivity index (χ1v) is 9.64. The van der Waals surface area contributed by atoms with Gasteiger partial charge in [0.15, 0.2) is 23.0 Å². The number of aromatic nitrogens is 5. The second-order valence-corrected chi connectivity index (χ2v) is 7.44. The molecule has 1 aliphatic heterocycles. The fourth-order valence-electron chi connectivity index (χ4n) is 4.05. The van der Waals surface area contributed by atoms with Crippen LogP contribution in [0.1, 0.15) is 24.4 Å². The first kappa shape index (κ1) is 18.7. The van der Waals surface area contributed by atoms with Gasteiger partial charge in [0.25, 0.3) is 5.56 Å². The van der Waals surface area contributed by atoms with E-state index in [9.17, 15) is 14.4 Å². The summed E-state index contributed by atoms with van der Waals surface area (Å²) < 4.78 is 17.0. The second kappa shape index (κ2) is 6.91. The zero-order chi connectivity index (χ0) is 21.7. The molecule has 3 aromatic heterocycles. The maximum absolute atomic E-state index is 14.3. The average Bonchev–Trinajstić information content (AvgIpc) is 3.13. The van der Waals surface area contributed by atoms with Crippen LogP contribution in [0.3, 0.4) is 0 Å². The lowest BCUT2D eigenvalue weighted by Crippen LogP contribution is -2.51. The summed E-state index contributed by atoms with van der Waals surface area (Å²) in [6.45, 7) is 2.60. The van der Waals surface area contributed by atoms with E-state index >= 15 is 0 Å². The lowest BCUT2D eigenvalue weighted by Gasteiger charge is -2.47. The van der Waals surface area contributed by atoms with Gasteiger partial charge in [-0.3, -0.25) is 9.36 Å². The first-order chi connectivity index (χ1) is 15.0. The Kier molecular flexibility index (Phi) is 4.18. The van der Waals surface area contributed by atoms with Crippen molar-refractivity contribution in [3.8, 4) is 11.8 Å². The van der Waals surface area contributed by atoms with E-state index in [0.717, 1.165) is 0 Å². The molecule has 154 valence electrons. The topological polar surface area (TPSA) is 118 Å². The highest BCUT2D eigenvalue weighted by Crippen LogP contribution is 2.41. The molecule has 0 aliphatic carbocycles. The molecule has 4 aromatic rings. The largest absolute Gasteiger partial charge is 0.368 e. The van der Waals surface area contributed by atoms with Crippen molar-refractivity contribution in [2.24, 2.45) is 5.92 Å². The molecule has 0 radical (unpaired) electrons. The molecule has 10 heteroatoms. The summed E-state index contributed by atoms with van der Waals surface area (Å²) in [6, 6.07) is 11.9. The van der Waals surface area contributed by atoms with E-state index in [1.54, 1.807) is 24.3 Å². The Balaban J connectivity index is 1.76. The number of anilines is 2. The summed E-state index contributed by atoms with van der Waals surface area (Å²) in [5.41, 5.74) is 5.96. The van der Waals surface area contributed by atoms with Crippen molar-refractivity contribution < 1.29 is 4.39 Å². The van der Waals surface area contributed by atoms with Gasteiger partial charge in [0.1, 0.15) is 11.6 Å². The van der Waals surface area contributed by atoms with Gasteiger partial charge in [-0.25, -0.2) is 13.9 Å². The summed E-state index contributed by atoms with van der Waals surface area (Å²) in [6.07, 6.45) is 2.79. The minimum absolute atomic E-state index is 0.0450. The molecule has 0 saturated carbocycles. The summed E-state index contributed by atoms with van der Waals surface area (Å²) in [4.78, 5) is 23.4. The number of nitrogens with two attached hydrogens (primary N) is 1. The maximum atomic E-state index is 14.3. The van der Waals surface area contributed by atoms with Crippen LogP contribution in [0, 0.1) is 23.1 Å². The Bertz CT molecular complexity index is 1400. The zero-order valence-corrected chi connectivity index (χ0v) is 16.5. The van der Waals surface area contributed by atoms with Gasteiger partial charge in [-0.2, -0.15) is 15.3 Å². The van der Waals surface area contributed by atoms with Crippen molar-refractivity contribution >= 4 is 17.3 Å². The van der Waals surface area contributed by atoms with Crippen molar-refractivity contribution in [1.29, 1.82) is 5.26 Å². The van der Waals surface area contributed by atoms with Gasteiger partial charge in [0.2, 0.25) is 5.95 Å². The molecular weight excluding hydrogens is 399 g/mol. The smallest absolute Gasteiger partial charge is 0.285 e. The van der Waals surface area contributed by atoms with E-state index in [1.165, 1.54) is 27.5 Å². The molecular formula is C21H17FN8O. The van der Waals surface area contributed by atoms with Crippen LogP contribution in [-0.2, 0) is 0 Å². The number of fused-ring (bicyclic) bond motifs is 1. The molecule has 9 nitrogen and oxygen atoms in total. The Hall–Kier alpha value is -4.26. The lowest BCUT2D eigenvalue weighted by atomic mass is 9.89. The molecule has 0 bridgehead atoms. The minimum Gasteiger partial charge on any atom is -0.368 e. The third kappa shape index (κ3) is 2.82. The Morgan fingerprint density at radius 1 is 1.26 bits per heavy atom. The number of nitrogen functional groups attached to an aromatic ring is 1. The van der Waals surface area contributed by atoms with Gasteiger partial charge >= 0.3 is 0 Å². The highest BCUT2D eigenvalue weighted by Gasteiger charge is 2.42. The van der Waals surface area contributed by atoms with Gasteiger partial charge in [0, 0.05) is 18.7 Å². The van der Waals surface area contributed by atoms with Gasteiger partial charge in [0.05, 0.1) is 17.9 Å². The SMILES string of the molecule is C[C@H]1CN(c2nc(N)ncc2C#N)C1c1nn2ccc(F)c2c(=O)n1-c1ccccc1. The number of benzene rings is 1. The molecule has 31 heavy (non-hydrogen) atoms. The summed E-state index contributed by atoms with van der Waals surface area (Å²) in [5, 5.41) is 14.1. The normalized spacial score (nSPS) is 18.0. The summed E-state index contributed by atoms with van der Waals surface area (Å²) in [5.74, 6) is 0.290. The van der Waals surface area contributed by atoms with Crippen LogP contribution in [0.5, 0.6) is 0 Å². The predicted molar refractivity (Wildman–Crippen MR) is 111 cm³/mol. The average molecular weight is 416 g/mol. The van der Waals surface area contributed by atoms with Crippen LogP contribution >= 0.6 is 0 Å². The quantitative estimate of drug-likeness (QED) is 0.543. The number of nitrogens with zero attached hydrogens (tertiary/aromatic N) is 7. The fourth-order valence-corrected chi connectivity index (χ4v) is 4.05. The maximum Gasteiger partial charge on any atom is 0.285 e. The predicted octanol–water partition coefficient (Wildman–Crippen LogP) is 2.07. The Morgan fingerprint density at radius 2 is 2.03 bits per heavy atom. The molecule has 1 saturated heterocycles. The summed E-state index contributed by atoms with van der Waals surface area (Å²) >= 11 is 0. The monoisotopic (exact) mass is 416 g/mol. The highest BCUT2D eigenvalue weighted by atomic mass is 19.1. The van der Waals surface area contributed by atoms with Crippen molar-refractivity contribution in [3.63, 3.8) is 0 Å². The van der Waals surface area contributed by atoms with Crippen LogP contribution in [0.4, 0.5) is 16.2 Å². The van der Waals surface area contributed by atoms with Crippen LogP contribution in [-0.4, -0.2) is 30.7 Å². The van der Waals surface area contributed by atoms with Crippen LogP contribution in [0.15, 0.2) is 53.6 Å². The van der Waals surface area contributed by atoms with Gasteiger partial charge in [-0.15, -0.1) is 0 Å². The molecule has 1 aliphatic rings. The van der Waals surface area contributed by atoms with Gasteiger partial charge in [-0.1, -0.05) is 25.1 Å². The molecule has 4 heterocycles. The molecule has 0 amide bonds. The molecule has 0 spiro atoms. The summed E-state index contributed by atoms with van der Waals surface area (Å²) in [7, 11) is 0. The molecule has 2 N–H and O–H groups in total. The molecule has 5 rings (SSSR count). The van der Waals surface area contributed by atoms with E-state index in [-0.39, 0.29) is 29.0 Å². The van der Waals surface area contributed by atoms with Crippen molar-refractivity contribution in [2.45, 2.75) is 13.0 Å². The Morgan fingerprint density at radius 3 is 2.74 bits per heavy atom. The fraction of sp³-hybridized carbons (Fsp3) is 0.190. The number of nitriles is 1. The minimum atomic E-state index is -0.636. The third-order valence-electron chi connectivity index (χ3n) is 5.48. The van der Waals surface area contributed by atoms with Crippen molar-refractivity contribution in [3.05, 3.63) is 76.4 Å². The molecule has 1 fully saturated rings. The number of halogens is 1. The van der Waals surface area contributed by atoms with Gasteiger partial charge in [-0.05, 0) is 18.2 Å². The van der Waals surface area contributed by atoms with E-state index < -0.39 is 11.4 Å². The van der Waals surface area contributed by atoms with Crippen LogP contribution in [0.2, 0.25) is 0 Å². The van der Waals surface area contributed by atoms with Crippen LogP contribution < -0.4 is 16.2 Å². The van der Waals surface area contributed by atoms with Gasteiger partial charge < -0.3 is 10.6 Å². The zero-order valence-electron chi connectivity index (χ0n) is 16.5. The van der Waals surface area contributed by atoms with Crippen molar-refractivity contribution in [1.82, 2.24) is 24.1 Å². The third-order valence-corrected chi connectivity index (χ3v) is 5.48. The Labute approximate surface area is 175 Å². The van der Waals surface area contributed by atoms with Crippen molar-refractivity contribution in [2.75, 3.05) is 17.2 Å². The number of hydrogen-bond acceptors (Lipinski definition) is 7. The van der Waals surface area contributed by atoms with E-state index in [0.29, 0.717) is 23.9 Å². The molecule has 1 unspecified atom stereocenters. The van der Waals surface area contributed by atoms with Crippen LogP contribution in [0.25, 0.3) is 11.2 Å². The second-order valence-electron chi connectivity index (χ2n) is 7.44. The van der Waals surface area contributed by atoms with E-state index in [4.69, 9.17) is 5.73 Å². The standard InChI is InChI=1S/C21H17FN8O/c1-12-11-28(18-13(9-23)10-25-21(24)26-18)16(12)19-27-29-8-7-15(22)17(29)20(31)30(19)14-5-3-2-4-6-14/h2-8,10,12,16H,11H2,1H3,(H2,24,25,26)/t12-,16?/m0/s1. The lowest BCUT2D eigenvalue weighted by molar-refractivity contribution is 0.300. The number of rotatable bonds is 3. The number of para-hydroxylation sites is 1. The van der Waals surface area contributed by atoms with E-state index in [2.05, 4.69) is 21.1 Å². The number of hydrogen-bond donors (Lipinski definition) is 1. The molecule has 2 atom stereocenters.